The van der Waals surface area contributed by atoms with Gasteiger partial charge in [-0.3, -0.25) is 14.6 Å². The van der Waals surface area contributed by atoms with Crippen LogP contribution in [-0.2, 0) is 9.59 Å². The summed E-state index contributed by atoms with van der Waals surface area (Å²) in [7, 11) is 0. The Morgan fingerprint density at radius 3 is 2.48 bits per heavy atom. The Bertz CT molecular complexity index is 834. The van der Waals surface area contributed by atoms with E-state index in [4.69, 9.17) is 0 Å². The van der Waals surface area contributed by atoms with Crippen LogP contribution in [0.3, 0.4) is 0 Å². The second kappa shape index (κ2) is 7.16. The first-order chi connectivity index (χ1) is 12.0. The lowest BCUT2D eigenvalue weighted by molar-refractivity contribution is -0.140. The molecule has 1 aromatic heterocycles. The van der Waals surface area contributed by atoms with E-state index in [2.05, 4.69) is 20.9 Å². The van der Waals surface area contributed by atoms with Gasteiger partial charge in [0.2, 0.25) is 0 Å². The van der Waals surface area contributed by atoms with Crippen molar-refractivity contribution in [1.82, 2.24) is 9.88 Å². The van der Waals surface area contributed by atoms with Crippen LogP contribution in [0.1, 0.15) is 17.3 Å². The fourth-order valence-corrected chi connectivity index (χ4v) is 3.09. The third kappa shape index (κ3) is 3.20. The normalized spacial score (nSPS) is 19.4. The third-order valence-electron chi connectivity index (χ3n) is 3.97. The van der Waals surface area contributed by atoms with Crippen LogP contribution in [0.25, 0.3) is 5.76 Å². The Morgan fingerprint density at radius 1 is 1.16 bits per heavy atom. The number of Topliss-reactive ketones (excluding diaryl/α,β-unsaturated/α-hetero) is 1. The van der Waals surface area contributed by atoms with Crippen molar-refractivity contribution in [3.8, 4) is 0 Å². The Balaban J connectivity index is 2.17. The van der Waals surface area contributed by atoms with Gasteiger partial charge in [-0.05, 0) is 24.3 Å². The van der Waals surface area contributed by atoms with Crippen molar-refractivity contribution in [2.75, 3.05) is 13.2 Å². The molecule has 0 radical (unpaired) electrons. The number of likely N-dealkylation sites (tertiary alicyclic amines) is 1. The van der Waals surface area contributed by atoms with Gasteiger partial charge >= 0.3 is 0 Å². The van der Waals surface area contributed by atoms with Crippen LogP contribution in [0.5, 0.6) is 0 Å². The number of pyridine rings is 1. The Hall–Kier alpha value is -2.51. The molecule has 25 heavy (non-hydrogen) atoms. The summed E-state index contributed by atoms with van der Waals surface area (Å²) in [6.45, 7) is -0.322. The molecule has 2 heterocycles. The number of rotatable bonds is 4. The van der Waals surface area contributed by atoms with Crippen molar-refractivity contribution in [1.29, 1.82) is 0 Å². The largest absolute Gasteiger partial charge is 0.507 e. The highest BCUT2D eigenvalue weighted by Crippen LogP contribution is 2.38. The number of aliphatic hydroxyl groups excluding tert-OH is 2. The molecule has 1 amide bonds. The lowest BCUT2D eigenvalue weighted by atomic mass is 9.98. The summed E-state index contributed by atoms with van der Waals surface area (Å²) in [5.41, 5.74) is 0.847. The Kier molecular flexibility index (Phi) is 4.96. The Morgan fingerprint density at radius 2 is 1.88 bits per heavy atom. The molecule has 0 aliphatic carbocycles. The third-order valence-corrected chi connectivity index (χ3v) is 4.50. The first-order valence-electron chi connectivity index (χ1n) is 7.60. The van der Waals surface area contributed by atoms with Crippen molar-refractivity contribution in [2.45, 2.75) is 6.04 Å². The molecular formula is C18H15BrN2O4. The summed E-state index contributed by atoms with van der Waals surface area (Å²) in [6.07, 6.45) is 1.55. The first kappa shape index (κ1) is 17.3. The van der Waals surface area contributed by atoms with Crippen molar-refractivity contribution in [3.63, 3.8) is 0 Å². The molecule has 3 rings (SSSR count). The molecule has 128 valence electrons. The monoisotopic (exact) mass is 402 g/mol. The fourth-order valence-electron chi connectivity index (χ4n) is 2.83. The number of aromatic nitrogens is 1. The van der Waals surface area contributed by atoms with Gasteiger partial charge in [0.1, 0.15) is 11.8 Å². The topological polar surface area (TPSA) is 90.7 Å². The minimum atomic E-state index is -0.836. The molecule has 1 aliphatic rings. The van der Waals surface area contributed by atoms with E-state index >= 15 is 0 Å². The van der Waals surface area contributed by atoms with Gasteiger partial charge < -0.3 is 15.1 Å². The first-order valence-corrected chi connectivity index (χ1v) is 8.40. The number of carbonyl (C=O) groups excluding carboxylic acids is 2. The molecule has 6 nitrogen and oxygen atoms in total. The van der Waals surface area contributed by atoms with Crippen LogP contribution in [0.4, 0.5) is 0 Å². The quantitative estimate of drug-likeness (QED) is 0.464. The molecule has 0 bridgehead atoms. The summed E-state index contributed by atoms with van der Waals surface area (Å²) in [5.74, 6) is -1.81. The van der Waals surface area contributed by atoms with Crippen LogP contribution in [0.15, 0.2) is 58.7 Å². The molecular weight excluding hydrogens is 388 g/mol. The number of amides is 1. The van der Waals surface area contributed by atoms with Gasteiger partial charge in [0, 0.05) is 22.8 Å². The maximum absolute atomic E-state index is 12.5. The average Bonchev–Trinajstić information content (AvgIpc) is 2.88. The summed E-state index contributed by atoms with van der Waals surface area (Å²) in [5, 5.41) is 19.9. The van der Waals surface area contributed by atoms with Gasteiger partial charge in [-0.1, -0.05) is 34.1 Å². The van der Waals surface area contributed by atoms with Crippen molar-refractivity contribution >= 4 is 33.4 Å². The van der Waals surface area contributed by atoms with E-state index in [1.165, 1.54) is 4.90 Å². The number of halogens is 1. The highest BCUT2D eigenvalue weighted by atomic mass is 79.9. The molecule has 1 fully saturated rings. The van der Waals surface area contributed by atoms with Gasteiger partial charge in [-0.15, -0.1) is 0 Å². The second-order valence-electron chi connectivity index (χ2n) is 5.48. The van der Waals surface area contributed by atoms with E-state index in [0.717, 1.165) is 4.47 Å². The van der Waals surface area contributed by atoms with E-state index in [1.807, 2.05) is 0 Å². The second-order valence-corrected chi connectivity index (χ2v) is 6.39. The maximum Gasteiger partial charge on any atom is 0.295 e. The van der Waals surface area contributed by atoms with Crippen LogP contribution in [-0.4, -0.2) is 44.9 Å². The van der Waals surface area contributed by atoms with Gasteiger partial charge in [0.15, 0.2) is 0 Å². The van der Waals surface area contributed by atoms with Crippen molar-refractivity contribution in [2.24, 2.45) is 0 Å². The fraction of sp³-hybridized carbons (Fsp3) is 0.167. The van der Waals surface area contributed by atoms with Gasteiger partial charge in [0.25, 0.3) is 11.7 Å². The van der Waals surface area contributed by atoms with Crippen LogP contribution < -0.4 is 0 Å². The number of hydrogen-bond donors (Lipinski definition) is 2. The Labute approximate surface area is 152 Å². The molecule has 0 spiro atoms. The zero-order chi connectivity index (χ0) is 18.0. The van der Waals surface area contributed by atoms with E-state index in [-0.39, 0.29) is 24.5 Å². The van der Waals surface area contributed by atoms with Crippen LogP contribution >= 0.6 is 15.9 Å². The lowest BCUT2D eigenvalue weighted by Gasteiger charge is -2.23. The van der Waals surface area contributed by atoms with E-state index < -0.39 is 17.7 Å². The zero-order valence-electron chi connectivity index (χ0n) is 13.1. The minimum absolute atomic E-state index is 0.0249. The molecule has 0 saturated carbocycles. The molecule has 2 aromatic rings. The van der Waals surface area contributed by atoms with Gasteiger partial charge in [-0.2, -0.15) is 0 Å². The van der Waals surface area contributed by atoms with Crippen molar-refractivity contribution < 1.29 is 19.8 Å². The zero-order valence-corrected chi connectivity index (χ0v) is 14.7. The average molecular weight is 403 g/mol. The smallest absolute Gasteiger partial charge is 0.295 e. The molecule has 1 saturated heterocycles. The standard InChI is InChI=1S/C18H15BrN2O4/c19-12-6-4-11(5-7-12)16(23)14-15(13-3-1-2-8-20-13)21(9-10-22)18(25)17(14)24/h1-8,15,22-23H,9-10H2/b16-14-. The lowest BCUT2D eigenvalue weighted by Crippen LogP contribution is -2.32. The number of nitrogens with zero attached hydrogens (tertiary/aromatic N) is 2. The number of ketones is 1. The van der Waals surface area contributed by atoms with Gasteiger partial charge in [0.05, 0.1) is 17.9 Å². The molecule has 1 unspecified atom stereocenters. The predicted molar refractivity (Wildman–Crippen MR) is 94.5 cm³/mol. The molecule has 1 aliphatic heterocycles. The predicted octanol–water partition coefficient (Wildman–Crippen LogP) is 2.26. The highest BCUT2D eigenvalue weighted by molar-refractivity contribution is 9.10. The SMILES string of the molecule is O=C1C(=O)N(CCO)C(c2ccccn2)/C1=C(/O)c1ccc(Br)cc1. The highest BCUT2D eigenvalue weighted by Gasteiger charge is 2.46. The van der Waals surface area contributed by atoms with Crippen molar-refractivity contribution in [3.05, 3.63) is 70.0 Å². The summed E-state index contributed by atoms with van der Waals surface area (Å²) < 4.78 is 0.825. The number of benzene rings is 1. The number of hydrogen-bond acceptors (Lipinski definition) is 5. The van der Waals surface area contributed by atoms with E-state index in [9.17, 15) is 19.8 Å². The minimum Gasteiger partial charge on any atom is -0.507 e. The summed E-state index contributed by atoms with van der Waals surface area (Å²) in [4.78, 5) is 30.3. The number of carbonyl (C=O) groups is 2. The van der Waals surface area contributed by atoms with Gasteiger partial charge in [-0.25, -0.2) is 0 Å². The van der Waals surface area contributed by atoms with E-state index in [1.54, 1.807) is 48.7 Å². The molecule has 1 atom stereocenters. The maximum atomic E-state index is 12.5. The van der Waals surface area contributed by atoms with Crippen LogP contribution in [0.2, 0.25) is 0 Å². The molecule has 1 aromatic carbocycles. The molecule has 2 N–H and O–H groups in total. The molecule has 7 heteroatoms. The van der Waals surface area contributed by atoms with E-state index in [0.29, 0.717) is 11.3 Å². The van der Waals surface area contributed by atoms with Crippen LogP contribution in [0, 0.1) is 0 Å². The summed E-state index contributed by atoms with van der Waals surface area (Å²) >= 11 is 3.31. The summed E-state index contributed by atoms with van der Waals surface area (Å²) in [6, 6.07) is 11.1. The number of aliphatic hydroxyl groups is 2. The number of β-amino-alcohol motifs (C(OH)–C–C–N with tert-alkyl or cyclic N) is 1.